The molecule has 0 saturated heterocycles. The fourth-order valence-electron chi connectivity index (χ4n) is 2.08. The van der Waals surface area contributed by atoms with Gasteiger partial charge >= 0.3 is 0 Å². The summed E-state index contributed by atoms with van der Waals surface area (Å²) in [4.78, 5) is 11.1. The molecule has 0 unspecified atom stereocenters. The van der Waals surface area contributed by atoms with Crippen molar-refractivity contribution in [2.75, 3.05) is 30.4 Å². The summed E-state index contributed by atoms with van der Waals surface area (Å²) in [5.74, 6) is 2.61. The molecular formula is C13H22N4O. The third kappa shape index (κ3) is 3.10. The van der Waals surface area contributed by atoms with Crippen molar-refractivity contribution in [3.8, 4) is 0 Å². The second kappa shape index (κ2) is 6.00. The minimum Gasteiger partial charge on any atom is -0.396 e. The molecule has 1 saturated carbocycles. The highest BCUT2D eigenvalue weighted by Gasteiger charge is 2.23. The number of aliphatic hydroxyl groups is 1. The van der Waals surface area contributed by atoms with Crippen LogP contribution < -0.4 is 10.2 Å². The van der Waals surface area contributed by atoms with Gasteiger partial charge < -0.3 is 15.3 Å². The van der Waals surface area contributed by atoms with Crippen molar-refractivity contribution in [2.24, 2.45) is 0 Å². The Labute approximate surface area is 108 Å². The number of aryl methyl sites for hydroxylation is 1. The molecule has 1 aliphatic rings. The zero-order chi connectivity index (χ0) is 13.0. The standard InChI is InChI=1S/C13H22N4O/c1-10-15-12(14-7-4-8-18)9-13(16-10)17(2)11-5-3-6-11/h9,11,18H,3-8H2,1-2H3,(H,14,15,16). The second-order valence-electron chi connectivity index (χ2n) is 4.86. The van der Waals surface area contributed by atoms with Crippen molar-refractivity contribution in [2.45, 2.75) is 38.6 Å². The predicted octanol–water partition coefficient (Wildman–Crippen LogP) is 1.57. The van der Waals surface area contributed by atoms with Gasteiger partial charge in [-0.1, -0.05) is 0 Å². The number of nitrogens with zero attached hydrogens (tertiary/aromatic N) is 3. The minimum atomic E-state index is 0.200. The van der Waals surface area contributed by atoms with Crippen LogP contribution in [0.2, 0.25) is 0 Å². The normalized spacial score (nSPS) is 15.3. The smallest absolute Gasteiger partial charge is 0.134 e. The number of hydrogen-bond donors (Lipinski definition) is 2. The average molecular weight is 250 g/mol. The first kappa shape index (κ1) is 13.1. The number of hydrogen-bond acceptors (Lipinski definition) is 5. The Hall–Kier alpha value is -1.36. The maximum Gasteiger partial charge on any atom is 0.134 e. The van der Waals surface area contributed by atoms with Crippen LogP contribution in [0.3, 0.4) is 0 Å². The van der Waals surface area contributed by atoms with E-state index >= 15 is 0 Å². The molecule has 1 aromatic heterocycles. The van der Waals surface area contributed by atoms with E-state index in [1.165, 1.54) is 19.3 Å². The highest BCUT2D eigenvalue weighted by molar-refractivity contribution is 5.49. The fraction of sp³-hybridized carbons (Fsp3) is 0.692. The summed E-state index contributed by atoms with van der Waals surface area (Å²) in [5.41, 5.74) is 0. The van der Waals surface area contributed by atoms with E-state index in [4.69, 9.17) is 5.11 Å². The Kier molecular flexibility index (Phi) is 4.36. The van der Waals surface area contributed by atoms with E-state index in [0.717, 1.165) is 30.4 Å². The Morgan fingerprint density at radius 3 is 2.83 bits per heavy atom. The molecule has 1 aromatic rings. The van der Waals surface area contributed by atoms with E-state index in [-0.39, 0.29) is 6.61 Å². The van der Waals surface area contributed by atoms with Gasteiger partial charge in [0.05, 0.1) is 0 Å². The first-order valence-electron chi connectivity index (χ1n) is 6.64. The molecule has 1 aliphatic carbocycles. The van der Waals surface area contributed by atoms with Gasteiger partial charge in [-0.15, -0.1) is 0 Å². The van der Waals surface area contributed by atoms with Crippen molar-refractivity contribution in [1.29, 1.82) is 0 Å². The molecule has 0 amide bonds. The summed E-state index contributed by atoms with van der Waals surface area (Å²) in [6.45, 7) is 2.85. The maximum atomic E-state index is 8.77. The zero-order valence-corrected chi connectivity index (χ0v) is 11.2. The topological polar surface area (TPSA) is 61.3 Å². The lowest BCUT2D eigenvalue weighted by Gasteiger charge is -2.35. The molecule has 0 spiro atoms. The van der Waals surface area contributed by atoms with Crippen LogP contribution in [-0.2, 0) is 0 Å². The van der Waals surface area contributed by atoms with Crippen LogP contribution in [0.4, 0.5) is 11.6 Å². The van der Waals surface area contributed by atoms with Crippen LogP contribution >= 0.6 is 0 Å². The molecule has 0 bridgehead atoms. The molecule has 2 N–H and O–H groups in total. The molecule has 5 heteroatoms. The fourth-order valence-corrected chi connectivity index (χ4v) is 2.08. The number of anilines is 2. The number of aliphatic hydroxyl groups excluding tert-OH is 1. The molecule has 2 rings (SSSR count). The second-order valence-corrected chi connectivity index (χ2v) is 4.86. The quantitative estimate of drug-likeness (QED) is 0.750. The van der Waals surface area contributed by atoms with Crippen molar-refractivity contribution in [3.05, 3.63) is 11.9 Å². The van der Waals surface area contributed by atoms with E-state index in [9.17, 15) is 0 Å². The molecular weight excluding hydrogens is 228 g/mol. The first-order chi connectivity index (χ1) is 8.70. The maximum absolute atomic E-state index is 8.77. The van der Waals surface area contributed by atoms with Gasteiger partial charge in [0, 0.05) is 32.3 Å². The third-order valence-corrected chi connectivity index (χ3v) is 3.45. The molecule has 0 radical (unpaired) electrons. The third-order valence-electron chi connectivity index (χ3n) is 3.45. The van der Waals surface area contributed by atoms with Crippen LogP contribution in [0.25, 0.3) is 0 Å². The molecule has 5 nitrogen and oxygen atoms in total. The van der Waals surface area contributed by atoms with Crippen molar-refractivity contribution in [1.82, 2.24) is 9.97 Å². The molecule has 0 aliphatic heterocycles. The Morgan fingerprint density at radius 1 is 1.44 bits per heavy atom. The highest BCUT2D eigenvalue weighted by Crippen LogP contribution is 2.27. The van der Waals surface area contributed by atoms with Gasteiger partial charge in [-0.25, -0.2) is 9.97 Å². The van der Waals surface area contributed by atoms with Crippen LogP contribution in [0.5, 0.6) is 0 Å². The highest BCUT2D eigenvalue weighted by atomic mass is 16.3. The predicted molar refractivity (Wildman–Crippen MR) is 73.0 cm³/mol. The monoisotopic (exact) mass is 250 g/mol. The first-order valence-corrected chi connectivity index (χ1v) is 6.64. The van der Waals surface area contributed by atoms with Crippen LogP contribution in [0, 0.1) is 6.92 Å². The van der Waals surface area contributed by atoms with Gasteiger partial charge in [-0.2, -0.15) is 0 Å². The lowest BCUT2D eigenvalue weighted by Crippen LogP contribution is -2.37. The summed E-state index contributed by atoms with van der Waals surface area (Å²) in [7, 11) is 2.10. The minimum absolute atomic E-state index is 0.200. The summed E-state index contributed by atoms with van der Waals surface area (Å²) in [5, 5.41) is 12.0. The lowest BCUT2D eigenvalue weighted by atomic mass is 9.92. The van der Waals surface area contributed by atoms with Crippen molar-refractivity contribution >= 4 is 11.6 Å². The van der Waals surface area contributed by atoms with E-state index < -0.39 is 0 Å². The number of nitrogens with one attached hydrogen (secondary N) is 1. The van der Waals surface area contributed by atoms with Crippen molar-refractivity contribution < 1.29 is 5.11 Å². The summed E-state index contributed by atoms with van der Waals surface area (Å²) < 4.78 is 0. The molecule has 100 valence electrons. The van der Waals surface area contributed by atoms with Gasteiger partial charge in [0.25, 0.3) is 0 Å². The molecule has 18 heavy (non-hydrogen) atoms. The summed E-state index contributed by atoms with van der Waals surface area (Å²) >= 11 is 0. The zero-order valence-electron chi connectivity index (χ0n) is 11.2. The van der Waals surface area contributed by atoms with Gasteiger partial charge in [-0.3, -0.25) is 0 Å². The lowest BCUT2D eigenvalue weighted by molar-refractivity contribution is 0.292. The van der Waals surface area contributed by atoms with E-state index in [2.05, 4.69) is 27.2 Å². The Balaban J connectivity index is 2.05. The van der Waals surface area contributed by atoms with Gasteiger partial charge in [0.1, 0.15) is 17.5 Å². The summed E-state index contributed by atoms with van der Waals surface area (Å²) in [6, 6.07) is 2.62. The van der Waals surface area contributed by atoms with E-state index in [1.807, 2.05) is 13.0 Å². The summed E-state index contributed by atoms with van der Waals surface area (Å²) in [6.07, 6.45) is 4.57. The van der Waals surface area contributed by atoms with Gasteiger partial charge in [-0.05, 0) is 32.6 Å². The molecule has 1 heterocycles. The molecule has 1 fully saturated rings. The Morgan fingerprint density at radius 2 is 2.22 bits per heavy atom. The average Bonchev–Trinajstić information content (AvgIpc) is 2.26. The number of aromatic nitrogens is 2. The van der Waals surface area contributed by atoms with Gasteiger partial charge in [0.15, 0.2) is 0 Å². The molecule has 0 atom stereocenters. The van der Waals surface area contributed by atoms with Crippen LogP contribution in [-0.4, -0.2) is 41.3 Å². The largest absolute Gasteiger partial charge is 0.396 e. The SMILES string of the molecule is Cc1nc(NCCCO)cc(N(C)C2CCC2)n1. The van der Waals surface area contributed by atoms with Gasteiger partial charge in [0.2, 0.25) is 0 Å². The number of rotatable bonds is 6. The van der Waals surface area contributed by atoms with E-state index in [0.29, 0.717) is 6.04 Å². The van der Waals surface area contributed by atoms with Crippen LogP contribution in [0.1, 0.15) is 31.5 Å². The van der Waals surface area contributed by atoms with Crippen LogP contribution in [0.15, 0.2) is 6.07 Å². The Bertz CT molecular complexity index is 393. The van der Waals surface area contributed by atoms with Crippen molar-refractivity contribution in [3.63, 3.8) is 0 Å². The van der Waals surface area contributed by atoms with E-state index in [1.54, 1.807) is 0 Å². The molecule has 0 aromatic carbocycles.